The zero-order valence-corrected chi connectivity index (χ0v) is 21.9. The van der Waals surface area contributed by atoms with E-state index in [-0.39, 0.29) is 12.0 Å². The van der Waals surface area contributed by atoms with E-state index in [0.29, 0.717) is 30.7 Å². The van der Waals surface area contributed by atoms with Crippen molar-refractivity contribution in [2.24, 2.45) is 5.92 Å². The molecule has 196 valence electrons. The van der Waals surface area contributed by atoms with E-state index in [1.165, 1.54) is 6.33 Å². The number of nitrogens with zero attached hydrogens (tertiary/aromatic N) is 5. The van der Waals surface area contributed by atoms with Gasteiger partial charge in [-0.2, -0.15) is 4.21 Å². The van der Waals surface area contributed by atoms with Crippen LogP contribution in [0, 0.1) is 12.8 Å². The second-order valence-electron chi connectivity index (χ2n) is 9.25. The number of hydrogen-bond acceptors (Lipinski definition) is 10. The first-order valence-electron chi connectivity index (χ1n) is 12.6. The van der Waals surface area contributed by atoms with Crippen LogP contribution in [-0.2, 0) is 32.6 Å². The highest BCUT2D eigenvalue weighted by Gasteiger charge is 2.24. The van der Waals surface area contributed by atoms with Crippen molar-refractivity contribution in [3.8, 4) is 17.5 Å². The van der Waals surface area contributed by atoms with Gasteiger partial charge in [-0.3, -0.25) is 8.37 Å². The number of rotatable bonds is 8. The Bertz CT molecular complexity index is 1190. The second-order valence-corrected chi connectivity index (χ2v) is 10.1. The maximum absolute atomic E-state index is 11.2. The van der Waals surface area contributed by atoms with Crippen LogP contribution in [-0.4, -0.2) is 56.6 Å². The molecule has 3 aromatic rings. The molecule has 11 heteroatoms. The second kappa shape index (κ2) is 11.9. The average Bonchev–Trinajstić information content (AvgIpc) is 2.94. The zero-order valence-electron chi connectivity index (χ0n) is 21.0. The van der Waals surface area contributed by atoms with E-state index in [1.807, 2.05) is 43.6 Å². The van der Waals surface area contributed by atoms with Gasteiger partial charge in [0, 0.05) is 44.2 Å². The highest BCUT2D eigenvalue weighted by atomic mass is 32.2. The van der Waals surface area contributed by atoms with Gasteiger partial charge in [0.25, 0.3) is 0 Å². The Labute approximate surface area is 219 Å². The Hall–Kier alpha value is -3.15. The lowest BCUT2D eigenvalue weighted by molar-refractivity contribution is 0.124. The van der Waals surface area contributed by atoms with Crippen LogP contribution in [0.2, 0.25) is 0 Å². The van der Waals surface area contributed by atoms with Crippen LogP contribution >= 0.6 is 0 Å². The third kappa shape index (κ3) is 6.60. The predicted molar refractivity (Wildman–Crippen MR) is 138 cm³/mol. The van der Waals surface area contributed by atoms with Crippen LogP contribution in [0.4, 0.5) is 5.95 Å². The minimum absolute atomic E-state index is 0.0528. The molecule has 0 aliphatic carbocycles. The van der Waals surface area contributed by atoms with E-state index in [1.54, 1.807) is 0 Å². The standard InChI is InChI=1S/C26H31N5O5S/c1-3-19-13-27-26(28-14-19)31-10-8-23(9-11-31)36-25-18(2)24(29-17-30-25)35-22-6-4-20(5-7-22)12-21-15-33-37(32)34-16-21/h4-7,13-14,17,21,23H,3,8-12,15-16H2,1-2H3. The van der Waals surface area contributed by atoms with Gasteiger partial charge in [0.15, 0.2) is 0 Å². The number of piperidine rings is 1. The van der Waals surface area contributed by atoms with E-state index in [2.05, 4.69) is 31.8 Å². The summed E-state index contributed by atoms with van der Waals surface area (Å²) in [6, 6.07) is 7.82. The van der Waals surface area contributed by atoms with Gasteiger partial charge in [0.2, 0.25) is 17.7 Å². The van der Waals surface area contributed by atoms with Crippen molar-refractivity contribution < 1.29 is 22.0 Å². The quantitative estimate of drug-likeness (QED) is 0.431. The molecule has 2 aliphatic rings. The largest absolute Gasteiger partial charge is 0.474 e. The first kappa shape index (κ1) is 25.5. The summed E-state index contributed by atoms with van der Waals surface area (Å²) >= 11 is -1.61. The minimum Gasteiger partial charge on any atom is -0.474 e. The highest BCUT2D eigenvalue weighted by Crippen LogP contribution is 2.30. The number of aryl methyl sites for hydroxylation is 1. The molecule has 0 saturated carbocycles. The lowest BCUT2D eigenvalue weighted by Crippen LogP contribution is -2.39. The summed E-state index contributed by atoms with van der Waals surface area (Å²) < 4.78 is 33.6. The monoisotopic (exact) mass is 525 g/mol. The van der Waals surface area contributed by atoms with Crippen LogP contribution < -0.4 is 14.4 Å². The van der Waals surface area contributed by atoms with Gasteiger partial charge in [-0.15, -0.1) is 0 Å². The van der Waals surface area contributed by atoms with Crippen molar-refractivity contribution in [1.29, 1.82) is 0 Å². The highest BCUT2D eigenvalue weighted by molar-refractivity contribution is 7.75. The molecule has 0 amide bonds. The van der Waals surface area contributed by atoms with E-state index in [4.69, 9.17) is 17.8 Å². The lowest BCUT2D eigenvalue weighted by Gasteiger charge is -2.32. The number of ether oxygens (including phenoxy) is 2. The molecule has 0 atom stereocenters. The number of hydrogen-bond donors (Lipinski definition) is 0. The maximum Gasteiger partial charge on any atom is 0.304 e. The van der Waals surface area contributed by atoms with Crippen LogP contribution in [0.1, 0.15) is 36.5 Å². The topological polar surface area (TPSA) is 109 Å². The molecular weight excluding hydrogens is 494 g/mol. The van der Waals surface area contributed by atoms with Gasteiger partial charge in [0.1, 0.15) is 18.2 Å². The van der Waals surface area contributed by atoms with Crippen LogP contribution in [0.5, 0.6) is 17.5 Å². The minimum atomic E-state index is -1.61. The van der Waals surface area contributed by atoms with E-state index >= 15 is 0 Å². The summed E-state index contributed by atoms with van der Waals surface area (Å²) in [6.45, 7) is 6.50. The molecule has 2 aromatic heterocycles. The smallest absolute Gasteiger partial charge is 0.304 e. The van der Waals surface area contributed by atoms with Crippen molar-refractivity contribution in [1.82, 2.24) is 19.9 Å². The first-order chi connectivity index (χ1) is 18.1. The van der Waals surface area contributed by atoms with Crippen LogP contribution in [0.25, 0.3) is 0 Å². The van der Waals surface area contributed by atoms with Crippen LogP contribution in [0.3, 0.4) is 0 Å². The molecule has 4 heterocycles. The van der Waals surface area contributed by atoms with E-state index in [9.17, 15) is 4.21 Å². The van der Waals surface area contributed by atoms with Crippen molar-refractivity contribution >= 4 is 17.3 Å². The zero-order chi connectivity index (χ0) is 25.6. The molecule has 0 N–H and O–H groups in total. The third-order valence-electron chi connectivity index (χ3n) is 6.56. The number of anilines is 1. The lowest BCUT2D eigenvalue weighted by atomic mass is 10.0. The average molecular weight is 526 g/mol. The van der Waals surface area contributed by atoms with Gasteiger partial charge in [-0.1, -0.05) is 19.1 Å². The van der Waals surface area contributed by atoms with Crippen molar-refractivity contribution in [2.45, 2.75) is 45.6 Å². The molecule has 0 spiro atoms. The summed E-state index contributed by atoms with van der Waals surface area (Å²) in [7, 11) is 0. The predicted octanol–water partition coefficient (Wildman–Crippen LogP) is 3.76. The normalized spacial score (nSPS) is 20.5. The van der Waals surface area contributed by atoms with E-state index < -0.39 is 11.4 Å². The molecule has 37 heavy (non-hydrogen) atoms. The fourth-order valence-electron chi connectivity index (χ4n) is 4.31. The Morgan fingerprint density at radius 3 is 2.32 bits per heavy atom. The van der Waals surface area contributed by atoms with Gasteiger partial charge < -0.3 is 14.4 Å². The maximum atomic E-state index is 11.2. The summed E-state index contributed by atoms with van der Waals surface area (Å²) in [4.78, 5) is 19.9. The molecular formula is C26H31N5O5S. The Morgan fingerprint density at radius 1 is 0.973 bits per heavy atom. The Kier molecular flexibility index (Phi) is 8.22. The molecule has 5 rings (SSSR count). The molecule has 0 unspecified atom stereocenters. The van der Waals surface area contributed by atoms with Crippen LogP contribution in [0.15, 0.2) is 43.0 Å². The van der Waals surface area contributed by atoms with E-state index in [0.717, 1.165) is 61.4 Å². The summed E-state index contributed by atoms with van der Waals surface area (Å²) in [6.07, 6.45) is 8.73. The molecule has 2 fully saturated rings. The van der Waals surface area contributed by atoms with Gasteiger partial charge in [-0.25, -0.2) is 19.9 Å². The Balaban J connectivity index is 1.15. The van der Waals surface area contributed by atoms with Crippen molar-refractivity contribution in [3.63, 3.8) is 0 Å². The first-order valence-corrected chi connectivity index (χ1v) is 13.6. The van der Waals surface area contributed by atoms with Crippen molar-refractivity contribution in [2.75, 3.05) is 31.2 Å². The molecule has 10 nitrogen and oxygen atoms in total. The molecule has 0 radical (unpaired) electrons. The Morgan fingerprint density at radius 2 is 1.65 bits per heavy atom. The molecule has 1 aromatic carbocycles. The van der Waals surface area contributed by atoms with Gasteiger partial charge >= 0.3 is 11.4 Å². The molecule has 2 aliphatic heterocycles. The van der Waals surface area contributed by atoms with Crippen molar-refractivity contribution in [3.05, 3.63) is 59.7 Å². The van der Waals surface area contributed by atoms with Gasteiger partial charge in [0.05, 0.1) is 18.8 Å². The summed E-state index contributed by atoms with van der Waals surface area (Å²) in [5.41, 5.74) is 3.02. The van der Waals surface area contributed by atoms with Gasteiger partial charge in [-0.05, 0) is 43.0 Å². The molecule has 0 bridgehead atoms. The summed E-state index contributed by atoms with van der Waals surface area (Å²) in [5.74, 6) is 2.63. The fraction of sp³-hybridized carbons (Fsp3) is 0.462. The number of benzene rings is 1. The molecule has 2 saturated heterocycles. The summed E-state index contributed by atoms with van der Waals surface area (Å²) in [5, 5.41) is 0. The fourth-order valence-corrected chi connectivity index (χ4v) is 4.98. The number of aromatic nitrogens is 4. The SMILES string of the molecule is CCc1cnc(N2CCC(Oc3ncnc(Oc4ccc(CC5COS(=O)OC5)cc4)c3C)CC2)nc1. The third-order valence-corrected chi connectivity index (χ3v) is 7.21.